The Kier molecular flexibility index (Phi) is 3.51. The average molecular weight is 257 g/mol. The third-order valence-corrected chi connectivity index (χ3v) is 2.94. The van der Waals surface area contributed by atoms with Crippen molar-refractivity contribution in [2.45, 2.75) is 20.8 Å². The van der Waals surface area contributed by atoms with Crippen molar-refractivity contribution >= 4 is 5.69 Å². The van der Waals surface area contributed by atoms with Crippen LogP contribution in [-0.4, -0.2) is 4.92 Å². The summed E-state index contributed by atoms with van der Waals surface area (Å²) in [5.41, 5.74) is 2.62. The Labute approximate surface area is 111 Å². The largest absolute Gasteiger partial charge is 0.457 e. The smallest absolute Gasteiger partial charge is 0.272 e. The predicted molar refractivity (Wildman–Crippen MR) is 73.8 cm³/mol. The van der Waals surface area contributed by atoms with Crippen LogP contribution in [0.25, 0.3) is 0 Å². The van der Waals surface area contributed by atoms with Gasteiger partial charge in [0.2, 0.25) is 0 Å². The molecule has 0 bridgehead atoms. The number of benzene rings is 2. The summed E-state index contributed by atoms with van der Waals surface area (Å²) in [5, 5.41) is 10.8. The van der Waals surface area contributed by atoms with Crippen molar-refractivity contribution in [2.24, 2.45) is 0 Å². The minimum Gasteiger partial charge on any atom is -0.457 e. The van der Waals surface area contributed by atoms with Crippen LogP contribution in [-0.2, 0) is 0 Å². The van der Waals surface area contributed by atoms with Gasteiger partial charge in [0.1, 0.15) is 11.5 Å². The summed E-state index contributed by atoms with van der Waals surface area (Å²) in [7, 11) is 0. The first-order valence-electron chi connectivity index (χ1n) is 5.97. The zero-order valence-corrected chi connectivity index (χ0v) is 11.1. The summed E-state index contributed by atoms with van der Waals surface area (Å²) in [6.07, 6.45) is 0. The van der Waals surface area contributed by atoms with Crippen LogP contribution >= 0.6 is 0 Å². The number of ether oxygens (including phenoxy) is 1. The Morgan fingerprint density at radius 3 is 2.21 bits per heavy atom. The minimum atomic E-state index is -0.377. The first kappa shape index (κ1) is 13.1. The molecule has 4 heteroatoms. The molecule has 0 saturated carbocycles. The SMILES string of the molecule is Cc1ccc(Oc2cc(C)c([N+](=O)[O-])cc2C)cc1. The number of hydrogen-bond acceptors (Lipinski definition) is 3. The second kappa shape index (κ2) is 5.10. The second-order valence-electron chi connectivity index (χ2n) is 4.58. The Bertz CT molecular complexity index is 618. The van der Waals surface area contributed by atoms with Gasteiger partial charge in [-0.15, -0.1) is 0 Å². The van der Waals surface area contributed by atoms with Crippen LogP contribution in [0.3, 0.4) is 0 Å². The fourth-order valence-electron chi connectivity index (χ4n) is 1.81. The number of nitro groups is 1. The van der Waals surface area contributed by atoms with Gasteiger partial charge in [0.15, 0.2) is 0 Å². The average Bonchev–Trinajstić information content (AvgIpc) is 2.35. The lowest BCUT2D eigenvalue weighted by molar-refractivity contribution is -0.385. The molecule has 2 rings (SSSR count). The highest BCUT2D eigenvalue weighted by molar-refractivity contribution is 5.50. The lowest BCUT2D eigenvalue weighted by Crippen LogP contribution is -1.95. The molecule has 0 atom stereocenters. The molecule has 0 spiro atoms. The van der Waals surface area contributed by atoms with Crippen LogP contribution in [0.1, 0.15) is 16.7 Å². The molecule has 0 unspecified atom stereocenters. The van der Waals surface area contributed by atoms with E-state index in [-0.39, 0.29) is 10.6 Å². The zero-order valence-electron chi connectivity index (χ0n) is 11.1. The van der Waals surface area contributed by atoms with Gasteiger partial charge in [0, 0.05) is 11.6 Å². The van der Waals surface area contributed by atoms with E-state index in [0.29, 0.717) is 11.3 Å². The van der Waals surface area contributed by atoms with E-state index in [9.17, 15) is 10.1 Å². The maximum atomic E-state index is 10.8. The lowest BCUT2D eigenvalue weighted by atomic mass is 10.1. The molecular formula is C15H15NO3. The van der Waals surface area contributed by atoms with Crippen LogP contribution in [0.15, 0.2) is 36.4 Å². The van der Waals surface area contributed by atoms with Crippen molar-refractivity contribution in [3.05, 3.63) is 63.2 Å². The van der Waals surface area contributed by atoms with Crippen molar-refractivity contribution in [3.8, 4) is 11.5 Å². The second-order valence-corrected chi connectivity index (χ2v) is 4.58. The molecular weight excluding hydrogens is 242 g/mol. The summed E-state index contributed by atoms with van der Waals surface area (Å²) in [6, 6.07) is 10.9. The van der Waals surface area contributed by atoms with Crippen LogP contribution in [0.2, 0.25) is 0 Å². The summed E-state index contributed by atoms with van der Waals surface area (Å²) in [6.45, 7) is 5.51. The van der Waals surface area contributed by atoms with E-state index in [2.05, 4.69) is 0 Å². The van der Waals surface area contributed by atoms with Gasteiger partial charge >= 0.3 is 0 Å². The summed E-state index contributed by atoms with van der Waals surface area (Å²) in [5.74, 6) is 1.37. The molecule has 0 aromatic heterocycles. The molecule has 0 aliphatic carbocycles. The highest BCUT2D eigenvalue weighted by Crippen LogP contribution is 2.31. The number of nitro benzene ring substituents is 1. The van der Waals surface area contributed by atoms with Crippen molar-refractivity contribution in [1.29, 1.82) is 0 Å². The Morgan fingerprint density at radius 1 is 1.00 bits per heavy atom. The minimum absolute atomic E-state index is 0.119. The van der Waals surface area contributed by atoms with Crippen molar-refractivity contribution in [2.75, 3.05) is 0 Å². The van der Waals surface area contributed by atoms with Crippen molar-refractivity contribution in [1.82, 2.24) is 0 Å². The normalized spacial score (nSPS) is 10.3. The van der Waals surface area contributed by atoms with Gasteiger partial charge in [-0.25, -0.2) is 0 Å². The van der Waals surface area contributed by atoms with Gasteiger partial charge in [-0.1, -0.05) is 17.7 Å². The molecule has 0 saturated heterocycles. The van der Waals surface area contributed by atoms with Crippen molar-refractivity contribution in [3.63, 3.8) is 0 Å². The van der Waals surface area contributed by atoms with Crippen LogP contribution in [0.5, 0.6) is 11.5 Å². The first-order valence-corrected chi connectivity index (χ1v) is 5.97. The van der Waals surface area contributed by atoms with Gasteiger partial charge < -0.3 is 4.74 Å². The summed E-state index contributed by atoms with van der Waals surface area (Å²) >= 11 is 0. The topological polar surface area (TPSA) is 52.4 Å². The quantitative estimate of drug-likeness (QED) is 0.608. The van der Waals surface area contributed by atoms with E-state index in [0.717, 1.165) is 16.9 Å². The molecule has 0 fully saturated rings. The van der Waals surface area contributed by atoms with E-state index in [1.807, 2.05) is 31.2 Å². The number of rotatable bonds is 3. The first-order chi connectivity index (χ1) is 8.97. The van der Waals surface area contributed by atoms with E-state index in [1.165, 1.54) is 0 Å². The molecule has 2 aromatic carbocycles. The maximum absolute atomic E-state index is 10.8. The third kappa shape index (κ3) is 2.91. The van der Waals surface area contributed by atoms with Crippen LogP contribution in [0, 0.1) is 30.9 Å². The number of nitrogens with zero attached hydrogens (tertiary/aromatic N) is 1. The molecule has 98 valence electrons. The molecule has 0 radical (unpaired) electrons. The zero-order chi connectivity index (χ0) is 14.0. The van der Waals surface area contributed by atoms with E-state index >= 15 is 0 Å². The van der Waals surface area contributed by atoms with E-state index in [1.54, 1.807) is 26.0 Å². The molecule has 0 amide bonds. The molecule has 0 heterocycles. The van der Waals surface area contributed by atoms with Gasteiger partial charge in [-0.05, 0) is 44.5 Å². The summed E-state index contributed by atoms with van der Waals surface area (Å²) in [4.78, 5) is 10.5. The van der Waals surface area contributed by atoms with E-state index < -0.39 is 0 Å². The van der Waals surface area contributed by atoms with Gasteiger partial charge in [0.05, 0.1) is 4.92 Å². The van der Waals surface area contributed by atoms with Gasteiger partial charge in [0.25, 0.3) is 5.69 Å². The predicted octanol–water partition coefficient (Wildman–Crippen LogP) is 4.31. The Balaban J connectivity index is 2.33. The van der Waals surface area contributed by atoms with Crippen LogP contribution in [0.4, 0.5) is 5.69 Å². The lowest BCUT2D eigenvalue weighted by Gasteiger charge is -2.10. The van der Waals surface area contributed by atoms with E-state index in [4.69, 9.17) is 4.74 Å². The number of aryl methyl sites for hydroxylation is 3. The fraction of sp³-hybridized carbons (Fsp3) is 0.200. The van der Waals surface area contributed by atoms with Crippen molar-refractivity contribution < 1.29 is 9.66 Å². The maximum Gasteiger partial charge on any atom is 0.272 e. The molecule has 0 aliphatic rings. The van der Waals surface area contributed by atoms with Gasteiger partial charge in [-0.2, -0.15) is 0 Å². The van der Waals surface area contributed by atoms with Gasteiger partial charge in [-0.3, -0.25) is 10.1 Å². The summed E-state index contributed by atoms with van der Waals surface area (Å²) < 4.78 is 5.76. The highest BCUT2D eigenvalue weighted by atomic mass is 16.6. The molecule has 4 nitrogen and oxygen atoms in total. The molecule has 2 aromatic rings. The fourth-order valence-corrected chi connectivity index (χ4v) is 1.81. The molecule has 0 aliphatic heterocycles. The molecule has 0 N–H and O–H groups in total. The number of hydrogen-bond donors (Lipinski definition) is 0. The highest BCUT2D eigenvalue weighted by Gasteiger charge is 2.14. The van der Waals surface area contributed by atoms with Crippen LogP contribution < -0.4 is 4.74 Å². The third-order valence-electron chi connectivity index (χ3n) is 2.94. The Morgan fingerprint density at radius 2 is 1.63 bits per heavy atom. The molecule has 19 heavy (non-hydrogen) atoms. The monoisotopic (exact) mass is 257 g/mol. The standard InChI is InChI=1S/C15H15NO3/c1-10-4-6-13(7-5-10)19-15-9-11(2)14(16(17)18)8-12(15)3/h4-9H,1-3H3. The Hall–Kier alpha value is -2.36.